The third kappa shape index (κ3) is 8.30. The van der Waals surface area contributed by atoms with Gasteiger partial charge in [0.15, 0.2) is 0 Å². The fourth-order valence-electron chi connectivity index (χ4n) is 5.26. The van der Waals surface area contributed by atoms with Crippen LogP contribution in [0.3, 0.4) is 0 Å². The highest BCUT2D eigenvalue weighted by Gasteiger charge is 2.33. The van der Waals surface area contributed by atoms with Gasteiger partial charge in [0, 0.05) is 17.6 Å². The summed E-state index contributed by atoms with van der Waals surface area (Å²) in [5, 5.41) is 3.52. The summed E-state index contributed by atoms with van der Waals surface area (Å²) in [6, 6.07) is 19.3. The van der Waals surface area contributed by atoms with E-state index in [4.69, 9.17) is 16.3 Å². The number of hydrogen-bond donors (Lipinski definition) is 1. The predicted octanol–water partition coefficient (Wildman–Crippen LogP) is 6.11. The van der Waals surface area contributed by atoms with Gasteiger partial charge in [-0.2, -0.15) is 0 Å². The van der Waals surface area contributed by atoms with Crippen LogP contribution in [0, 0.1) is 6.92 Å². The lowest BCUT2D eigenvalue weighted by molar-refractivity contribution is -0.139. The van der Waals surface area contributed by atoms with E-state index in [0.717, 1.165) is 47.5 Å². The Morgan fingerprint density at radius 1 is 0.977 bits per heavy atom. The SMILES string of the molecule is CCOc1ccc(N(CC(=O)N(Cc2ccccc2C)C(C)C(=O)NC2CCCCC2)S(=O)(=O)c2ccc(Cl)cc2)cc1. The summed E-state index contributed by atoms with van der Waals surface area (Å²) in [6.45, 7) is 5.61. The third-order valence-electron chi connectivity index (χ3n) is 7.84. The molecule has 1 aliphatic rings. The Morgan fingerprint density at radius 3 is 2.26 bits per heavy atom. The molecule has 3 aromatic rings. The smallest absolute Gasteiger partial charge is 0.264 e. The Labute approximate surface area is 260 Å². The molecule has 0 aromatic heterocycles. The lowest BCUT2D eigenvalue weighted by Gasteiger charge is -2.33. The number of benzene rings is 3. The highest BCUT2D eigenvalue weighted by atomic mass is 35.5. The molecule has 10 heteroatoms. The van der Waals surface area contributed by atoms with Gasteiger partial charge in [0.1, 0.15) is 18.3 Å². The van der Waals surface area contributed by atoms with E-state index in [0.29, 0.717) is 23.1 Å². The molecule has 230 valence electrons. The monoisotopic (exact) mass is 625 g/mol. The number of amides is 2. The van der Waals surface area contributed by atoms with E-state index < -0.39 is 28.5 Å². The summed E-state index contributed by atoms with van der Waals surface area (Å²) in [5.41, 5.74) is 2.14. The molecule has 2 amide bonds. The van der Waals surface area contributed by atoms with Crippen molar-refractivity contribution in [1.29, 1.82) is 0 Å². The van der Waals surface area contributed by atoms with Crippen LogP contribution in [0.5, 0.6) is 5.75 Å². The van der Waals surface area contributed by atoms with Gasteiger partial charge in [-0.15, -0.1) is 0 Å². The normalized spacial score (nSPS) is 14.5. The molecule has 4 rings (SSSR count). The van der Waals surface area contributed by atoms with Crippen LogP contribution in [0.2, 0.25) is 5.02 Å². The number of aryl methyl sites for hydroxylation is 1. The van der Waals surface area contributed by atoms with E-state index in [1.165, 1.54) is 29.2 Å². The second kappa shape index (κ2) is 14.8. The molecular weight excluding hydrogens is 586 g/mol. The number of ether oxygens (including phenoxy) is 1. The Morgan fingerprint density at radius 2 is 1.63 bits per heavy atom. The molecule has 0 bridgehead atoms. The van der Waals surface area contributed by atoms with Crippen molar-refractivity contribution in [2.24, 2.45) is 0 Å². The van der Waals surface area contributed by atoms with Gasteiger partial charge >= 0.3 is 0 Å². The van der Waals surface area contributed by atoms with E-state index in [1.54, 1.807) is 31.2 Å². The predicted molar refractivity (Wildman–Crippen MR) is 170 cm³/mol. The maximum Gasteiger partial charge on any atom is 0.264 e. The minimum absolute atomic E-state index is 0.00729. The van der Waals surface area contributed by atoms with Gasteiger partial charge in [0.05, 0.1) is 17.2 Å². The lowest BCUT2D eigenvalue weighted by Crippen LogP contribution is -2.53. The summed E-state index contributed by atoms with van der Waals surface area (Å²) >= 11 is 6.03. The Kier molecular flexibility index (Phi) is 11.1. The van der Waals surface area contributed by atoms with E-state index >= 15 is 0 Å². The molecule has 1 unspecified atom stereocenters. The van der Waals surface area contributed by atoms with Crippen molar-refractivity contribution in [1.82, 2.24) is 10.2 Å². The summed E-state index contributed by atoms with van der Waals surface area (Å²) in [6.07, 6.45) is 5.10. The summed E-state index contributed by atoms with van der Waals surface area (Å²) in [4.78, 5) is 29.1. The maximum atomic E-state index is 14.2. The average molecular weight is 626 g/mol. The highest BCUT2D eigenvalue weighted by Crippen LogP contribution is 2.28. The molecular formula is C33H40ClN3O5S. The van der Waals surface area contributed by atoms with Gasteiger partial charge < -0.3 is 15.0 Å². The molecule has 0 radical (unpaired) electrons. The van der Waals surface area contributed by atoms with Gasteiger partial charge in [0.2, 0.25) is 11.8 Å². The van der Waals surface area contributed by atoms with E-state index in [-0.39, 0.29) is 23.4 Å². The van der Waals surface area contributed by atoms with Crippen molar-refractivity contribution in [3.63, 3.8) is 0 Å². The molecule has 1 aliphatic carbocycles. The molecule has 1 N–H and O–H groups in total. The number of rotatable bonds is 12. The van der Waals surface area contributed by atoms with E-state index in [9.17, 15) is 18.0 Å². The molecule has 0 saturated heterocycles. The fraction of sp³-hybridized carbons (Fsp3) is 0.394. The molecule has 1 fully saturated rings. The second-order valence-corrected chi connectivity index (χ2v) is 13.2. The van der Waals surface area contributed by atoms with Crippen molar-refractivity contribution in [2.45, 2.75) is 76.4 Å². The van der Waals surface area contributed by atoms with Crippen LogP contribution in [-0.2, 0) is 26.2 Å². The minimum atomic E-state index is -4.19. The number of sulfonamides is 1. The van der Waals surface area contributed by atoms with Gasteiger partial charge in [-0.25, -0.2) is 8.42 Å². The van der Waals surface area contributed by atoms with Crippen LogP contribution in [0.25, 0.3) is 0 Å². The Hall–Kier alpha value is -3.56. The van der Waals surface area contributed by atoms with Gasteiger partial charge in [-0.3, -0.25) is 13.9 Å². The zero-order valence-electron chi connectivity index (χ0n) is 25.0. The minimum Gasteiger partial charge on any atom is -0.494 e. The van der Waals surface area contributed by atoms with Crippen LogP contribution in [0.1, 0.15) is 57.1 Å². The Balaban J connectivity index is 1.68. The fourth-order valence-corrected chi connectivity index (χ4v) is 6.80. The molecule has 43 heavy (non-hydrogen) atoms. The number of nitrogens with zero attached hydrogens (tertiary/aromatic N) is 2. The zero-order chi connectivity index (χ0) is 31.0. The van der Waals surface area contributed by atoms with Crippen LogP contribution in [0.15, 0.2) is 77.7 Å². The summed E-state index contributed by atoms with van der Waals surface area (Å²) < 4.78 is 34.6. The zero-order valence-corrected chi connectivity index (χ0v) is 26.5. The number of anilines is 1. The van der Waals surface area contributed by atoms with E-state index in [1.807, 2.05) is 38.1 Å². The van der Waals surface area contributed by atoms with Crippen molar-refractivity contribution in [3.8, 4) is 5.75 Å². The van der Waals surface area contributed by atoms with Crippen molar-refractivity contribution >= 4 is 39.1 Å². The molecule has 1 saturated carbocycles. The number of halogens is 1. The number of carbonyl (C=O) groups excluding carboxylic acids is 2. The van der Waals surface area contributed by atoms with Crippen LogP contribution >= 0.6 is 11.6 Å². The first-order valence-corrected chi connectivity index (χ1v) is 16.6. The molecule has 3 aromatic carbocycles. The molecule has 0 aliphatic heterocycles. The largest absolute Gasteiger partial charge is 0.494 e. The van der Waals surface area contributed by atoms with Crippen LogP contribution in [0.4, 0.5) is 5.69 Å². The summed E-state index contributed by atoms with van der Waals surface area (Å²) in [5.74, 6) is -0.168. The third-order valence-corrected chi connectivity index (χ3v) is 9.88. The average Bonchev–Trinajstić information content (AvgIpc) is 3.00. The van der Waals surface area contributed by atoms with E-state index in [2.05, 4.69) is 5.32 Å². The number of hydrogen-bond acceptors (Lipinski definition) is 5. The first kappa shape index (κ1) is 32.4. The summed E-state index contributed by atoms with van der Waals surface area (Å²) in [7, 11) is -4.19. The highest BCUT2D eigenvalue weighted by molar-refractivity contribution is 7.92. The van der Waals surface area contributed by atoms with Gasteiger partial charge in [0.25, 0.3) is 10.0 Å². The van der Waals surface area contributed by atoms with Gasteiger partial charge in [-0.05, 0) is 93.3 Å². The van der Waals surface area contributed by atoms with Gasteiger partial charge in [-0.1, -0.05) is 55.1 Å². The number of nitrogens with one attached hydrogen (secondary N) is 1. The first-order chi connectivity index (χ1) is 20.6. The second-order valence-electron chi connectivity index (χ2n) is 10.9. The Bertz CT molecular complexity index is 1490. The van der Waals surface area contributed by atoms with Crippen LogP contribution in [-0.4, -0.2) is 50.4 Å². The topological polar surface area (TPSA) is 96.0 Å². The van der Waals surface area contributed by atoms with Crippen molar-refractivity contribution < 1.29 is 22.7 Å². The molecule has 0 heterocycles. The molecule has 1 atom stereocenters. The van der Waals surface area contributed by atoms with Crippen molar-refractivity contribution in [2.75, 3.05) is 17.5 Å². The van der Waals surface area contributed by atoms with Crippen LogP contribution < -0.4 is 14.4 Å². The molecule has 0 spiro atoms. The lowest BCUT2D eigenvalue weighted by atomic mass is 9.95. The first-order valence-electron chi connectivity index (χ1n) is 14.8. The molecule has 8 nitrogen and oxygen atoms in total. The maximum absolute atomic E-state index is 14.2. The number of carbonyl (C=O) groups is 2. The standard InChI is InChI=1S/C33H40ClN3O5S/c1-4-42-30-18-16-29(17-19-30)37(43(40,41)31-20-14-27(34)15-21-31)23-32(38)36(22-26-11-9-8-10-24(26)2)25(3)33(39)35-28-12-6-5-7-13-28/h8-11,14-21,25,28H,4-7,12-13,22-23H2,1-3H3,(H,35,39). The quantitative estimate of drug-likeness (QED) is 0.262. The van der Waals surface area contributed by atoms with Crippen molar-refractivity contribution in [3.05, 3.63) is 88.9 Å².